The van der Waals surface area contributed by atoms with Gasteiger partial charge in [0.15, 0.2) is 10.8 Å². The van der Waals surface area contributed by atoms with Crippen LogP contribution < -0.4 is 10.6 Å². The first-order valence-corrected chi connectivity index (χ1v) is 15.7. The molecule has 11 heteroatoms. The number of pyridine rings is 1. The van der Waals surface area contributed by atoms with Crippen molar-refractivity contribution in [2.75, 3.05) is 26.3 Å². The van der Waals surface area contributed by atoms with Crippen molar-refractivity contribution in [1.82, 2.24) is 20.5 Å². The molecule has 1 aliphatic heterocycles. The number of hydrogen-bond donors (Lipinski definition) is 2. The molecule has 40 heavy (non-hydrogen) atoms. The van der Waals surface area contributed by atoms with E-state index in [-0.39, 0.29) is 27.3 Å². The molecule has 3 amide bonds. The van der Waals surface area contributed by atoms with Gasteiger partial charge in [0.05, 0.1) is 24.2 Å². The van der Waals surface area contributed by atoms with Crippen LogP contribution in [-0.4, -0.2) is 74.4 Å². The van der Waals surface area contributed by atoms with Crippen LogP contribution in [0.5, 0.6) is 0 Å². The van der Waals surface area contributed by atoms with Crippen LogP contribution in [0.2, 0.25) is 0 Å². The van der Waals surface area contributed by atoms with Gasteiger partial charge in [0.2, 0.25) is 15.7 Å². The van der Waals surface area contributed by atoms with Gasteiger partial charge in [0, 0.05) is 25.7 Å². The summed E-state index contributed by atoms with van der Waals surface area (Å²) in [6.45, 7) is 11.6. The number of amides is 3. The van der Waals surface area contributed by atoms with E-state index < -0.39 is 40.0 Å². The summed E-state index contributed by atoms with van der Waals surface area (Å²) < 4.78 is 31.2. The van der Waals surface area contributed by atoms with Crippen molar-refractivity contribution < 1.29 is 27.5 Å². The fourth-order valence-electron chi connectivity index (χ4n) is 5.29. The number of ketones is 1. The maximum Gasteiger partial charge on any atom is 0.318 e. The molecule has 2 heterocycles. The Morgan fingerprint density at radius 1 is 1.07 bits per heavy atom. The normalized spacial score (nSPS) is 18.6. The molecule has 3 rings (SSSR count). The Kier molecular flexibility index (Phi) is 11.3. The average Bonchev–Trinajstić information content (AvgIpc) is 3.37. The number of urea groups is 1. The lowest BCUT2D eigenvalue weighted by atomic mass is 9.81. The molecule has 1 aliphatic carbocycles. The van der Waals surface area contributed by atoms with Crippen LogP contribution in [0.25, 0.3) is 0 Å². The van der Waals surface area contributed by atoms with Gasteiger partial charge in [-0.15, -0.1) is 0 Å². The second-order valence-corrected chi connectivity index (χ2v) is 13.7. The molecule has 1 saturated carbocycles. The summed E-state index contributed by atoms with van der Waals surface area (Å²) in [6.07, 6.45) is 6.46. The van der Waals surface area contributed by atoms with E-state index in [9.17, 15) is 22.8 Å². The zero-order chi connectivity index (χ0) is 29.3. The first-order valence-electron chi connectivity index (χ1n) is 14.2. The molecule has 0 bridgehead atoms. The topological polar surface area (TPSA) is 135 Å². The van der Waals surface area contributed by atoms with Gasteiger partial charge in [0.25, 0.3) is 0 Å². The molecule has 0 spiro atoms. The number of allylic oxidation sites excluding steroid dienone is 1. The highest BCUT2D eigenvalue weighted by atomic mass is 32.2. The first-order chi connectivity index (χ1) is 18.9. The maximum absolute atomic E-state index is 13.7. The lowest BCUT2D eigenvalue weighted by molar-refractivity contribution is -0.129. The smallest absolute Gasteiger partial charge is 0.318 e. The third-order valence-corrected chi connectivity index (χ3v) is 9.52. The number of nitrogens with one attached hydrogen (secondary N) is 2. The van der Waals surface area contributed by atoms with Crippen molar-refractivity contribution in [3.63, 3.8) is 0 Å². The Hall–Kier alpha value is -2.79. The van der Waals surface area contributed by atoms with Crippen LogP contribution in [0.1, 0.15) is 72.1 Å². The molecular weight excluding hydrogens is 532 g/mol. The summed E-state index contributed by atoms with van der Waals surface area (Å²) in [6, 6.07) is 2.44. The maximum atomic E-state index is 13.7. The van der Waals surface area contributed by atoms with Crippen molar-refractivity contribution in [1.29, 1.82) is 0 Å². The van der Waals surface area contributed by atoms with Gasteiger partial charge in [-0.1, -0.05) is 46.3 Å². The van der Waals surface area contributed by atoms with E-state index in [0.717, 1.165) is 25.7 Å². The number of nitrogens with zero attached hydrogens (tertiary/aromatic N) is 2. The Balaban J connectivity index is 1.76. The molecule has 1 aromatic heterocycles. The molecule has 222 valence electrons. The predicted octanol–water partition coefficient (Wildman–Crippen LogP) is 3.63. The third-order valence-electron chi connectivity index (χ3n) is 7.82. The number of ether oxygens (including phenoxy) is 1. The van der Waals surface area contributed by atoms with Crippen LogP contribution in [-0.2, 0) is 24.2 Å². The summed E-state index contributed by atoms with van der Waals surface area (Å²) in [4.78, 5) is 45.4. The molecule has 2 aliphatic rings. The zero-order valence-electron chi connectivity index (χ0n) is 24.0. The van der Waals surface area contributed by atoms with E-state index in [1.807, 2.05) is 13.8 Å². The first kappa shape index (κ1) is 31.7. The summed E-state index contributed by atoms with van der Waals surface area (Å²) in [5.74, 6) is -0.610. The molecule has 0 radical (unpaired) electrons. The lowest BCUT2D eigenvalue weighted by Crippen LogP contribution is -2.56. The Morgan fingerprint density at radius 2 is 1.75 bits per heavy atom. The predicted molar refractivity (Wildman–Crippen MR) is 152 cm³/mol. The van der Waals surface area contributed by atoms with E-state index in [1.165, 1.54) is 12.3 Å². The number of sulfone groups is 1. The number of rotatable bonds is 13. The molecule has 1 unspecified atom stereocenters. The van der Waals surface area contributed by atoms with Crippen molar-refractivity contribution in [3.05, 3.63) is 35.9 Å². The summed E-state index contributed by atoms with van der Waals surface area (Å²) in [5.41, 5.74) is -0.0945. The van der Waals surface area contributed by atoms with Gasteiger partial charge in [-0.25, -0.2) is 18.2 Å². The highest BCUT2D eigenvalue weighted by Crippen LogP contribution is 2.41. The number of morpholine rings is 1. The minimum Gasteiger partial charge on any atom is -0.378 e. The number of carbonyl (C=O) groups excluding carboxylic acids is 3. The molecule has 1 saturated heterocycles. The second kappa shape index (κ2) is 14.2. The fourth-order valence-corrected chi connectivity index (χ4v) is 6.38. The van der Waals surface area contributed by atoms with E-state index >= 15 is 0 Å². The number of Topliss-reactive ketones (excluding diaryl/α,β-unsaturated/α-hetero) is 1. The summed E-state index contributed by atoms with van der Waals surface area (Å²) in [5, 5.41) is 5.62. The Labute approximate surface area is 238 Å². The average molecular weight is 577 g/mol. The van der Waals surface area contributed by atoms with Crippen LogP contribution in [0, 0.1) is 11.3 Å². The van der Waals surface area contributed by atoms with Crippen LogP contribution in [0.3, 0.4) is 0 Å². The second-order valence-electron chi connectivity index (χ2n) is 11.7. The molecule has 10 nitrogen and oxygen atoms in total. The lowest BCUT2D eigenvalue weighted by Gasteiger charge is -2.33. The highest BCUT2D eigenvalue weighted by Gasteiger charge is 2.37. The molecule has 2 fully saturated rings. The quantitative estimate of drug-likeness (QED) is 0.366. The molecular formula is C29H44N4O6S. The number of carbonyl (C=O) groups is 3. The van der Waals surface area contributed by atoms with Gasteiger partial charge < -0.3 is 20.3 Å². The summed E-state index contributed by atoms with van der Waals surface area (Å²) in [7, 11) is -4.01. The third kappa shape index (κ3) is 8.86. The van der Waals surface area contributed by atoms with Crippen molar-refractivity contribution in [2.24, 2.45) is 11.3 Å². The van der Waals surface area contributed by atoms with Gasteiger partial charge in [0.1, 0.15) is 6.04 Å². The van der Waals surface area contributed by atoms with Gasteiger partial charge >= 0.3 is 6.03 Å². The summed E-state index contributed by atoms with van der Waals surface area (Å²) >= 11 is 0. The van der Waals surface area contributed by atoms with Crippen LogP contribution in [0.15, 0.2) is 40.9 Å². The zero-order valence-corrected chi connectivity index (χ0v) is 24.8. The molecule has 1 aromatic rings. The minimum atomic E-state index is -4.01. The van der Waals surface area contributed by atoms with Gasteiger partial charge in [-0.05, 0) is 55.6 Å². The Morgan fingerprint density at radius 3 is 2.35 bits per heavy atom. The number of aromatic nitrogens is 1. The highest BCUT2D eigenvalue weighted by molar-refractivity contribution is 7.95. The van der Waals surface area contributed by atoms with E-state index in [2.05, 4.69) is 29.1 Å². The molecule has 2 N–H and O–H groups in total. The van der Waals surface area contributed by atoms with Gasteiger partial charge in [-0.2, -0.15) is 0 Å². The SMILES string of the molecule is C=C(CC(=O)C(CCC(C)C)NC(=O)[C@@H](CC1(C)CCCC1)NC(=O)N1CCOCC1)S(=O)(=O)c1ccccn1. The van der Waals surface area contributed by atoms with Crippen molar-refractivity contribution in [3.8, 4) is 0 Å². The minimum absolute atomic E-state index is 0.0945. The van der Waals surface area contributed by atoms with Crippen LogP contribution >= 0.6 is 0 Å². The van der Waals surface area contributed by atoms with E-state index in [1.54, 1.807) is 17.0 Å². The monoisotopic (exact) mass is 576 g/mol. The number of hydrogen-bond acceptors (Lipinski definition) is 7. The fraction of sp³-hybridized carbons (Fsp3) is 0.655. The van der Waals surface area contributed by atoms with Gasteiger partial charge in [-0.3, -0.25) is 9.59 Å². The van der Waals surface area contributed by atoms with Crippen LogP contribution in [0.4, 0.5) is 4.79 Å². The van der Waals surface area contributed by atoms with Crippen molar-refractivity contribution >= 4 is 27.6 Å². The van der Waals surface area contributed by atoms with Crippen molar-refractivity contribution in [2.45, 2.75) is 89.2 Å². The van der Waals surface area contributed by atoms with E-state index in [0.29, 0.717) is 45.6 Å². The standard InChI is InChI=1S/C29H44N4O6S/c1-21(2)10-11-23(25(34)19-22(3)40(37,38)26-9-5-8-14-30-26)31-27(35)24(20-29(4)12-6-7-13-29)32-28(36)33-15-17-39-18-16-33/h5,8-9,14,21,23-24H,3,6-7,10-13,15-20H2,1-2,4H3,(H,31,35)(H,32,36)/t23?,24-/m1/s1. The Bertz CT molecular complexity index is 1140. The molecule has 0 aromatic carbocycles. The van der Waals surface area contributed by atoms with E-state index in [4.69, 9.17) is 4.74 Å². The molecule has 2 atom stereocenters. The largest absolute Gasteiger partial charge is 0.378 e.